The molecular formula is C12H15N5O2S. The molecule has 1 heterocycles. The Kier molecular flexibility index (Phi) is 4.14. The first-order valence-corrected chi connectivity index (χ1v) is 6.76. The van der Waals surface area contributed by atoms with E-state index in [-0.39, 0.29) is 0 Å². The summed E-state index contributed by atoms with van der Waals surface area (Å²) in [4.78, 5) is 12.3. The van der Waals surface area contributed by atoms with Gasteiger partial charge in [0.2, 0.25) is 5.16 Å². The van der Waals surface area contributed by atoms with E-state index in [1.165, 1.54) is 16.4 Å². The van der Waals surface area contributed by atoms with Gasteiger partial charge in [0.05, 0.1) is 12.2 Å². The Morgan fingerprint density at radius 1 is 1.45 bits per heavy atom. The normalized spacial score (nSPS) is 10.5. The molecule has 0 aliphatic heterocycles. The van der Waals surface area contributed by atoms with Crippen molar-refractivity contribution in [3.8, 4) is 0 Å². The van der Waals surface area contributed by atoms with Gasteiger partial charge in [-0.05, 0) is 43.8 Å². The van der Waals surface area contributed by atoms with Gasteiger partial charge in [-0.1, -0.05) is 0 Å². The summed E-state index contributed by atoms with van der Waals surface area (Å²) in [6, 6.07) is 4.96. The number of carbonyl (C=O) groups excluding carboxylic acids is 1. The second kappa shape index (κ2) is 5.83. The van der Waals surface area contributed by atoms with Crippen LogP contribution in [0.1, 0.15) is 23.1 Å². The van der Waals surface area contributed by atoms with E-state index in [0.29, 0.717) is 28.8 Å². The molecule has 0 aliphatic rings. The molecule has 0 radical (unpaired) electrons. The largest absolute Gasteiger partial charge is 0.462 e. The van der Waals surface area contributed by atoms with Crippen molar-refractivity contribution in [3.05, 3.63) is 29.6 Å². The van der Waals surface area contributed by atoms with Gasteiger partial charge >= 0.3 is 5.97 Å². The van der Waals surface area contributed by atoms with E-state index in [4.69, 9.17) is 16.3 Å². The highest BCUT2D eigenvalue weighted by Crippen LogP contribution is 2.31. The maximum atomic E-state index is 11.6. The first-order chi connectivity index (χ1) is 9.52. The van der Waals surface area contributed by atoms with E-state index < -0.39 is 5.97 Å². The predicted molar refractivity (Wildman–Crippen MR) is 75.8 cm³/mol. The summed E-state index contributed by atoms with van der Waals surface area (Å²) in [7, 11) is 0. The molecule has 0 fully saturated rings. The van der Waals surface area contributed by atoms with Crippen LogP contribution >= 0.6 is 11.8 Å². The highest BCUT2D eigenvalue weighted by atomic mass is 32.2. The summed E-state index contributed by atoms with van der Waals surface area (Å²) in [6.07, 6.45) is 0. The van der Waals surface area contributed by atoms with Crippen LogP contribution in [0.5, 0.6) is 0 Å². The van der Waals surface area contributed by atoms with E-state index in [9.17, 15) is 4.79 Å². The van der Waals surface area contributed by atoms with Crippen LogP contribution in [0.25, 0.3) is 0 Å². The van der Waals surface area contributed by atoms with Crippen LogP contribution in [-0.4, -0.2) is 27.4 Å². The number of benzene rings is 1. The zero-order chi connectivity index (χ0) is 14.7. The number of nitrogens with zero attached hydrogens (tertiary/aromatic N) is 3. The minimum atomic E-state index is -0.395. The van der Waals surface area contributed by atoms with Gasteiger partial charge in [-0.25, -0.2) is 9.47 Å². The highest BCUT2D eigenvalue weighted by molar-refractivity contribution is 7.99. The van der Waals surface area contributed by atoms with Crippen molar-refractivity contribution in [1.82, 2.24) is 14.9 Å². The SMILES string of the molecule is CCOC(=O)c1ccc(Sc2nnc(C)n2N)c(N)c1. The van der Waals surface area contributed by atoms with E-state index in [1.54, 1.807) is 32.0 Å². The minimum Gasteiger partial charge on any atom is -0.462 e. The van der Waals surface area contributed by atoms with Crippen LogP contribution in [0.15, 0.2) is 28.3 Å². The second-order valence-electron chi connectivity index (χ2n) is 3.97. The van der Waals surface area contributed by atoms with Crippen molar-refractivity contribution >= 4 is 23.4 Å². The molecule has 4 N–H and O–H groups in total. The maximum absolute atomic E-state index is 11.6. The van der Waals surface area contributed by atoms with Gasteiger partial charge in [0.1, 0.15) is 5.82 Å². The van der Waals surface area contributed by atoms with Crippen molar-refractivity contribution in [3.63, 3.8) is 0 Å². The zero-order valence-electron chi connectivity index (χ0n) is 11.2. The summed E-state index contributed by atoms with van der Waals surface area (Å²) in [5, 5.41) is 8.33. The fraction of sp³-hybridized carbons (Fsp3) is 0.250. The van der Waals surface area contributed by atoms with Gasteiger partial charge < -0.3 is 16.3 Å². The summed E-state index contributed by atoms with van der Waals surface area (Å²) in [5.41, 5.74) is 6.81. The quantitative estimate of drug-likeness (QED) is 0.495. The fourth-order valence-corrected chi connectivity index (χ4v) is 2.32. The molecule has 2 aromatic rings. The zero-order valence-corrected chi connectivity index (χ0v) is 12.0. The Morgan fingerprint density at radius 3 is 2.75 bits per heavy atom. The number of aromatic nitrogens is 3. The topological polar surface area (TPSA) is 109 Å². The number of aryl methyl sites for hydroxylation is 1. The molecule has 106 valence electrons. The lowest BCUT2D eigenvalue weighted by Crippen LogP contribution is -2.11. The van der Waals surface area contributed by atoms with Gasteiger partial charge in [0, 0.05) is 10.6 Å². The predicted octanol–water partition coefficient (Wildman–Crippen LogP) is 1.21. The number of nitrogens with two attached hydrogens (primary N) is 2. The van der Waals surface area contributed by atoms with Crippen LogP contribution in [0.4, 0.5) is 5.69 Å². The molecule has 7 nitrogen and oxygen atoms in total. The molecule has 0 amide bonds. The van der Waals surface area contributed by atoms with E-state index >= 15 is 0 Å². The Bertz CT molecular complexity index is 641. The molecule has 0 saturated heterocycles. The third-order valence-corrected chi connectivity index (χ3v) is 3.61. The smallest absolute Gasteiger partial charge is 0.338 e. The van der Waals surface area contributed by atoms with Gasteiger partial charge in [-0.2, -0.15) is 0 Å². The second-order valence-corrected chi connectivity index (χ2v) is 4.98. The highest BCUT2D eigenvalue weighted by Gasteiger charge is 2.13. The van der Waals surface area contributed by atoms with Gasteiger partial charge in [-0.15, -0.1) is 10.2 Å². The third-order valence-electron chi connectivity index (χ3n) is 2.56. The van der Waals surface area contributed by atoms with Crippen LogP contribution in [0.3, 0.4) is 0 Å². The van der Waals surface area contributed by atoms with Gasteiger partial charge in [0.15, 0.2) is 0 Å². The molecule has 1 aromatic carbocycles. The lowest BCUT2D eigenvalue weighted by molar-refractivity contribution is 0.0526. The van der Waals surface area contributed by atoms with E-state index in [2.05, 4.69) is 10.2 Å². The Morgan fingerprint density at radius 2 is 2.20 bits per heavy atom. The molecule has 0 atom stereocenters. The van der Waals surface area contributed by atoms with Crippen LogP contribution in [0, 0.1) is 6.92 Å². The maximum Gasteiger partial charge on any atom is 0.338 e. The van der Waals surface area contributed by atoms with E-state index in [1.807, 2.05) is 0 Å². The summed E-state index contributed by atoms with van der Waals surface area (Å²) < 4.78 is 6.29. The summed E-state index contributed by atoms with van der Waals surface area (Å²) in [5.74, 6) is 5.99. The molecule has 0 unspecified atom stereocenters. The molecule has 2 rings (SSSR count). The molecule has 0 saturated carbocycles. The third kappa shape index (κ3) is 2.85. The first kappa shape index (κ1) is 14.2. The minimum absolute atomic E-state index is 0.324. The fourth-order valence-electron chi connectivity index (χ4n) is 1.50. The van der Waals surface area contributed by atoms with Crippen molar-refractivity contribution < 1.29 is 9.53 Å². The average Bonchev–Trinajstić information content (AvgIpc) is 2.73. The number of carbonyl (C=O) groups is 1. The van der Waals surface area contributed by atoms with Crippen LogP contribution < -0.4 is 11.6 Å². The van der Waals surface area contributed by atoms with Crippen LogP contribution in [0.2, 0.25) is 0 Å². The van der Waals surface area contributed by atoms with Crippen LogP contribution in [-0.2, 0) is 4.74 Å². The molecule has 0 aliphatic carbocycles. The van der Waals surface area contributed by atoms with Crippen molar-refractivity contribution in [1.29, 1.82) is 0 Å². The van der Waals surface area contributed by atoms with Gasteiger partial charge in [-0.3, -0.25) is 0 Å². The van der Waals surface area contributed by atoms with Crippen molar-refractivity contribution in [2.75, 3.05) is 18.2 Å². The Hall–Kier alpha value is -2.22. The lowest BCUT2D eigenvalue weighted by Gasteiger charge is -2.07. The molecular weight excluding hydrogens is 278 g/mol. The summed E-state index contributed by atoms with van der Waals surface area (Å²) in [6.45, 7) is 3.83. The molecule has 0 spiro atoms. The number of nitrogen functional groups attached to an aromatic ring is 2. The van der Waals surface area contributed by atoms with Gasteiger partial charge in [0.25, 0.3) is 0 Å². The Balaban J connectivity index is 2.22. The number of esters is 1. The molecule has 8 heteroatoms. The standard InChI is InChI=1S/C12H15N5O2S/c1-3-19-11(18)8-4-5-10(9(13)6-8)20-12-16-15-7(2)17(12)14/h4-6H,3,13-14H2,1-2H3. The first-order valence-electron chi connectivity index (χ1n) is 5.94. The molecule has 20 heavy (non-hydrogen) atoms. The average molecular weight is 293 g/mol. The number of ether oxygens (including phenoxy) is 1. The number of rotatable bonds is 4. The number of anilines is 1. The van der Waals surface area contributed by atoms with Crippen molar-refractivity contribution in [2.24, 2.45) is 0 Å². The monoisotopic (exact) mass is 293 g/mol. The summed E-state index contributed by atoms with van der Waals surface area (Å²) >= 11 is 1.28. The lowest BCUT2D eigenvalue weighted by atomic mass is 10.2. The van der Waals surface area contributed by atoms with E-state index in [0.717, 1.165) is 4.90 Å². The molecule has 1 aromatic heterocycles. The number of hydrogen-bond donors (Lipinski definition) is 2. The Labute approximate surface area is 120 Å². The molecule has 0 bridgehead atoms. The van der Waals surface area contributed by atoms with Crippen molar-refractivity contribution in [2.45, 2.75) is 23.9 Å². The number of hydrogen-bond acceptors (Lipinski definition) is 7.